The van der Waals surface area contributed by atoms with Gasteiger partial charge in [0.15, 0.2) is 11.6 Å². The number of hydrogen-bond donors (Lipinski definition) is 0. The van der Waals surface area contributed by atoms with E-state index < -0.39 is 0 Å². The number of allylic oxidation sites excluding steroid dienone is 2. The molecule has 2 aromatic rings. The first kappa shape index (κ1) is 18.1. The molecule has 0 unspecified atom stereocenters. The Hall–Kier alpha value is -3.28. The molecule has 0 aliphatic heterocycles. The van der Waals surface area contributed by atoms with Gasteiger partial charge in [-0.05, 0) is 47.6 Å². The monoisotopic (exact) mass is 338 g/mol. The van der Waals surface area contributed by atoms with Crippen LogP contribution in [0.5, 0.6) is 11.8 Å². The van der Waals surface area contributed by atoms with Gasteiger partial charge in [-0.2, -0.15) is 0 Å². The fourth-order valence-corrected chi connectivity index (χ4v) is 1.89. The lowest BCUT2D eigenvalue weighted by Gasteiger charge is -1.98. The third-order valence-corrected chi connectivity index (χ3v) is 3.21. The number of rotatable bonds is 8. The molecule has 6 nitrogen and oxygen atoms in total. The van der Waals surface area contributed by atoms with Crippen molar-refractivity contribution in [3.8, 4) is 11.8 Å². The molecule has 0 aromatic carbocycles. The molecule has 0 amide bonds. The maximum Gasteiger partial charge on any atom is 0.212 e. The van der Waals surface area contributed by atoms with E-state index in [2.05, 4.69) is 9.97 Å². The number of nitrogens with zero attached hydrogens (tertiary/aromatic N) is 2. The van der Waals surface area contributed by atoms with Crippen LogP contribution in [-0.4, -0.2) is 35.8 Å². The van der Waals surface area contributed by atoms with Gasteiger partial charge in [0.25, 0.3) is 0 Å². The lowest BCUT2D eigenvalue weighted by atomic mass is 10.1. The van der Waals surface area contributed by atoms with E-state index in [1.165, 1.54) is 26.4 Å². The van der Waals surface area contributed by atoms with Gasteiger partial charge in [-0.25, -0.2) is 9.97 Å². The summed E-state index contributed by atoms with van der Waals surface area (Å²) >= 11 is 0. The fraction of sp³-hybridized carbons (Fsp3) is 0.158. The highest BCUT2D eigenvalue weighted by molar-refractivity contribution is 6.10. The van der Waals surface area contributed by atoms with Crippen molar-refractivity contribution in [2.24, 2.45) is 0 Å². The molecule has 2 aromatic heterocycles. The highest BCUT2D eigenvalue weighted by atomic mass is 16.5. The van der Waals surface area contributed by atoms with Gasteiger partial charge < -0.3 is 9.47 Å². The van der Waals surface area contributed by atoms with E-state index in [9.17, 15) is 9.59 Å². The first-order valence-electron chi connectivity index (χ1n) is 7.52. The van der Waals surface area contributed by atoms with Crippen molar-refractivity contribution in [1.82, 2.24) is 9.97 Å². The first-order chi connectivity index (χ1) is 12.1. The van der Waals surface area contributed by atoms with Crippen molar-refractivity contribution in [2.45, 2.75) is 6.42 Å². The van der Waals surface area contributed by atoms with Crippen LogP contribution in [-0.2, 0) is 9.59 Å². The molecule has 25 heavy (non-hydrogen) atoms. The molecule has 6 heteroatoms. The zero-order chi connectivity index (χ0) is 18.1. The zero-order valence-corrected chi connectivity index (χ0v) is 14.0. The third kappa shape index (κ3) is 6.02. The van der Waals surface area contributed by atoms with Crippen molar-refractivity contribution in [3.05, 3.63) is 59.9 Å². The van der Waals surface area contributed by atoms with Gasteiger partial charge in [0.05, 0.1) is 20.6 Å². The summed E-state index contributed by atoms with van der Waals surface area (Å²) in [6, 6.07) is 6.93. The minimum atomic E-state index is -0.279. The molecule has 2 rings (SSSR count). The number of pyridine rings is 2. The first-order valence-corrected chi connectivity index (χ1v) is 7.52. The van der Waals surface area contributed by atoms with Gasteiger partial charge in [0.2, 0.25) is 11.8 Å². The van der Waals surface area contributed by atoms with E-state index in [-0.39, 0.29) is 18.0 Å². The number of carbonyl (C=O) groups is 2. The average molecular weight is 338 g/mol. The smallest absolute Gasteiger partial charge is 0.212 e. The van der Waals surface area contributed by atoms with Crippen molar-refractivity contribution >= 4 is 23.7 Å². The van der Waals surface area contributed by atoms with Crippen LogP contribution < -0.4 is 9.47 Å². The second-order valence-electron chi connectivity index (χ2n) is 5.04. The van der Waals surface area contributed by atoms with Gasteiger partial charge in [0, 0.05) is 24.5 Å². The number of methoxy groups -OCH3 is 2. The number of hydrogen-bond acceptors (Lipinski definition) is 6. The Balaban J connectivity index is 1.86. The van der Waals surface area contributed by atoms with Crippen LogP contribution in [0.2, 0.25) is 0 Å². The Morgan fingerprint density at radius 3 is 1.60 bits per heavy atom. The van der Waals surface area contributed by atoms with Gasteiger partial charge in [-0.3, -0.25) is 9.59 Å². The number of ether oxygens (including phenoxy) is 2. The summed E-state index contributed by atoms with van der Waals surface area (Å²) in [5.74, 6) is 0.435. The van der Waals surface area contributed by atoms with Gasteiger partial charge in [-0.1, -0.05) is 0 Å². The lowest BCUT2D eigenvalue weighted by molar-refractivity contribution is -0.121. The molecular weight excluding hydrogens is 320 g/mol. The van der Waals surface area contributed by atoms with Crippen LogP contribution in [0, 0.1) is 0 Å². The van der Waals surface area contributed by atoms with Crippen molar-refractivity contribution in [2.75, 3.05) is 14.2 Å². The van der Waals surface area contributed by atoms with Crippen LogP contribution >= 0.6 is 0 Å². The topological polar surface area (TPSA) is 78.4 Å². The van der Waals surface area contributed by atoms with Crippen LogP contribution in [0.1, 0.15) is 17.5 Å². The van der Waals surface area contributed by atoms with E-state index in [4.69, 9.17) is 9.47 Å². The van der Waals surface area contributed by atoms with Crippen LogP contribution in [0.25, 0.3) is 12.2 Å². The minimum absolute atomic E-state index is 0.194. The Morgan fingerprint density at radius 1 is 0.840 bits per heavy atom. The molecule has 128 valence electrons. The van der Waals surface area contributed by atoms with Crippen molar-refractivity contribution in [1.29, 1.82) is 0 Å². The summed E-state index contributed by atoms with van der Waals surface area (Å²) < 4.78 is 9.92. The molecule has 0 spiro atoms. The molecule has 0 saturated heterocycles. The van der Waals surface area contributed by atoms with Crippen LogP contribution in [0.4, 0.5) is 0 Å². The number of aromatic nitrogens is 2. The second-order valence-corrected chi connectivity index (χ2v) is 5.04. The third-order valence-electron chi connectivity index (χ3n) is 3.21. The average Bonchev–Trinajstić information content (AvgIpc) is 2.65. The maximum atomic E-state index is 11.8. The van der Waals surface area contributed by atoms with Crippen LogP contribution in [0.15, 0.2) is 48.8 Å². The van der Waals surface area contributed by atoms with Gasteiger partial charge in [-0.15, -0.1) is 0 Å². The summed E-state index contributed by atoms with van der Waals surface area (Å²) in [6.07, 6.45) is 8.93. The quantitative estimate of drug-likeness (QED) is 0.544. The highest BCUT2D eigenvalue weighted by Crippen LogP contribution is 2.09. The lowest BCUT2D eigenvalue weighted by Crippen LogP contribution is -2.01. The number of carbonyl (C=O) groups excluding carboxylic acids is 2. The standard InChI is InChI=1S/C19H18N2O4/c1-24-18-9-5-14(12-20-18)3-7-16(22)11-17(23)8-4-15-6-10-19(25-2)21-13-15/h3-10,12-13H,11H2,1-2H3/b7-3+,8-4+. The minimum Gasteiger partial charge on any atom is -0.481 e. The Labute approximate surface area is 145 Å². The highest BCUT2D eigenvalue weighted by Gasteiger charge is 2.04. The molecule has 0 radical (unpaired) electrons. The molecule has 0 fully saturated rings. The van der Waals surface area contributed by atoms with Gasteiger partial charge in [0.1, 0.15) is 0 Å². The second kappa shape index (κ2) is 9.12. The van der Waals surface area contributed by atoms with Crippen molar-refractivity contribution in [3.63, 3.8) is 0 Å². The molecule has 0 bridgehead atoms. The SMILES string of the molecule is COc1ccc(/C=C/C(=O)CC(=O)/C=C/c2ccc(OC)nc2)cn1. The molecule has 2 heterocycles. The zero-order valence-electron chi connectivity index (χ0n) is 14.0. The summed E-state index contributed by atoms with van der Waals surface area (Å²) in [4.78, 5) is 31.7. The molecule has 0 aliphatic rings. The fourth-order valence-electron chi connectivity index (χ4n) is 1.89. The molecule has 0 N–H and O–H groups in total. The predicted molar refractivity (Wildman–Crippen MR) is 94.3 cm³/mol. The van der Waals surface area contributed by atoms with Crippen LogP contribution in [0.3, 0.4) is 0 Å². The van der Waals surface area contributed by atoms with E-state index in [1.807, 2.05) is 0 Å². The summed E-state index contributed by atoms with van der Waals surface area (Å²) in [6.45, 7) is 0. The molecule has 0 atom stereocenters. The van der Waals surface area contributed by atoms with Crippen molar-refractivity contribution < 1.29 is 19.1 Å². The molecular formula is C19H18N2O4. The predicted octanol–water partition coefficient (Wildman–Crippen LogP) is 2.75. The summed E-state index contributed by atoms with van der Waals surface area (Å²) in [5.41, 5.74) is 1.50. The van der Waals surface area contributed by atoms with E-state index in [0.717, 1.165) is 11.1 Å². The normalized spacial score (nSPS) is 11.0. The van der Waals surface area contributed by atoms with E-state index >= 15 is 0 Å². The van der Waals surface area contributed by atoms with E-state index in [0.29, 0.717) is 11.8 Å². The number of ketones is 2. The Bertz CT molecular complexity index is 711. The Morgan fingerprint density at radius 2 is 1.28 bits per heavy atom. The summed E-state index contributed by atoms with van der Waals surface area (Å²) in [7, 11) is 3.06. The summed E-state index contributed by atoms with van der Waals surface area (Å²) in [5, 5.41) is 0. The Kier molecular flexibility index (Phi) is 6.59. The maximum absolute atomic E-state index is 11.8. The largest absolute Gasteiger partial charge is 0.481 e. The molecule has 0 aliphatic carbocycles. The van der Waals surface area contributed by atoms with Gasteiger partial charge >= 0.3 is 0 Å². The molecule has 0 saturated carbocycles. The van der Waals surface area contributed by atoms with E-state index in [1.54, 1.807) is 48.8 Å².